The quantitative estimate of drug-likeness (QED) is 0.106. The van der Waals surface area contributed by atoms with E-state index in [-0.39, 0.29) is 13.2 Å². The molecule has 0 spiro atoms. The molecule has 0 saturated heterocycles. The first-order valence-electron chi connectivity index (χ1n) is 13.0. The molecular formula is C32H30BrN3O6. The molecule has 4 rings (SSSR count). The molecule has 0 fully saturated rings. The van der Waals surface area contributed by atoms with Crippen LogP contribution in [0.5, 0.6) is 11.5 Å². The summed E-state index contributed by atoms with van der Waals surface area (Å²) in [7, 11) is 0. The number of carbonyl (C=O) groups is 2. The maximum Gasteiger partial charge on any atom is 0.412 e. The Bertz CT molecular complexity index is 1500. The Labute approximate surface area is 252 Å². The number of benzene rings is 4. The Kier molecular flexibility index (Phi) is 11.0. The number of amides is 2. The predicted molar refractivity (Wildman–Crippen MR) is 165 cm³/mol. The van der Waals surface area contributed by atoms with Gasteiger partial charge < -0.3 is 30.4 Å². The average molecular weight is 633 g/mol. The monoisotopic (exact) mass is 631 g/mol. The third kappa shape index (κ3) is 9.12. The fraction of sp³-hybridized carbons (Fsp3) is 0.125. The SMILES string of the molecule is Nc1ccccc1NC(=O)/C=C/[C@@H](Oc1ccccc1)[C@H](OC(=O)Nc1ccc(Br)cc1)c1cccc(OCCO)c1. The number of halogens is 1. The highest BCUT2D eigenvalue weighted by Gasteiger charge is 2.28. The first kappa shape index (κ1) is 30.2. The second-order valence-corrected chi connectivity index (χ2v) is 9.85. The molecular weight excluding hydrogens is 602 g/mol. The summed E-state index contributed by atoms with van der Waals surface area (Å²) in [5, 5.41) is 14.7. The Morgan fingerprint density at radius 2 is 1.60 bits per heavy atom. The second kappa shape index (κ2) is 15.3. The van der Waals surface area contributed by atoms with Crippen molar-refractivity contribution >= 4 is 45.0 Å². The van der Waals surface area contributed by atoms with Crippen LogP contribution < -0.4 is 25.8 Å². The van der Waals surface area contributed by atoms with E-state index in [4.69, 9.17) is 19.9 Å². The van der Waals surface area contributed by atoms with Gasteiger partial charge in [-0.15, -0.1) is 0 Å². The number of nitrogen functional groups attached to an aromatic ring is 1. The van der Waals surface area contributed by atoms with Crippen LogP contribution in [-0.2, 0) is 9.53 Å². The van der Waals surface area contributed by atoms with Crippen LogP contribution >= 0.6 is 15.9 Å². The number of hydrogen-bond donors (Lipinski definition) is 4. The molecule has 2 amide bonds. The van der Waals surface area contributed by atoms with Gasteiger partial charge in [0.05, 0.1) is 18.0 Å². The van der Waals surface area contributed by atoms with E-state index in [9.17, 15) is 14.7 Å². The Morgan fingerprint density at radius 1 is 0.881 bits per heavy atom. The number of hydrogen-bond acceptors (Lipinski definition) is 7. The lowest BCUT2D eigenvalue weighted by Crippen LogP contribution is -2.30. The van der Waals surface area contributed by atoms with Gasteiger partial charge >= 0.3 is 6.09 Å². The number of nitrogens with one attached hydrogen (secondary N) is 2. The van der Waals surface area contributed by atoms with Crippen LogP contribution in [0.25, 0.3) is 0 Å². The van der Waals surface area contributed by atoms with Crippen molar-refractivity contribution in [2.45, 2.75) is 12.2 Å². The van der Waals surface area contributed by atoms with Crippen LogP contribution in [0.3, 0.4) is 0 Å². The van der Waals surface area contributed by atoms with Crippen molar-refractivity contribution in [3.63, 3.8) is 0 Å². The summed E-state index contributed by atoms with van der Waals surface area (Å²) in [5.41, 5.74) is 7.91. The summed E-state index contributed by atoms with van der Waals surface area (Å²) in [6, 6.07) is 29.8. The maximum absolute atomic E-state index is 13.1. The smallest absolute Gasteiger partial charge is 0.412 e. The molecule has 0 aliphatic rings. The van der Waals surface area contributed by atoms with E-state index in [1.807, 2.05) is 6.07 Å². The van der Waals surface area contributed by atoms with Gasteiger partial charge in [-0.2, -0.15) is 0 Å². The second-order valence-electron chi connectivity index (χ2n) is 8.93. The molecule has 5 N–H and O–H groups in total. The molecule has 0 aliphatic carbocycles. The molecule has 0 radical (unpaired) electrons. The van der Waals surface area contributed by atoms with Gasteiger partial charge in [-0.3, -0.25) is 10.1 Å². The Balaban J connectivity index is 1.66. The number of anilines is 3. The first-order chi connectivity index (χ1) is 20.4. The number of rotatable bonds is 12. The summed E-state index contributed by atoms with van der Waals surface area (Å²) in [5.74, 6) is 0.505. The number of aliphatic hydroxyl groups excluding tert-OH is 1. The highest BCUT2D eigenvalue weighted by Crippen LogP contribution is 2.30. The topological polar surface area (TPSA) is 132 Å². The van der Waals surface area contributed by atoms with Crippen molar-refractivity contribution in [1.82, 2.24) is 0 Å². The minimum atomic E-state index is -1.02. The van der Waals surface area contributed by atoms with Crippen molar-refractivity contribution in [2.75, 3.05) is 29.6 Å². The zero-order chi connectivity index (χ0) is 29.7. The number of aliphatic hydroxyl groups is 1. The zero-order valence-corrected chi connectivity index (χ0v) is 24.1. The summed E-state index contributed by atoms with van der Waals surface area (Å²) < 4.78 is 18.6. The molecule has 0 bridgehead atoms. The van der Waals surface area contributed by atoms with Gasteiger partial charge in [0.2, 0.25) is 5.91 Å². The molecule has 4 aromatic rings. The largest absolute Gasteiger partial charge is 0.491 e. The van der Waals surface area contributed by atoms with Crippen molar-refractivity contribution < 1.29 is 28.9 Å². The highest BCUT2D eigenvalue weighted by atomic mass is 79.9. The molecule has 9 nitrogen and oxygen atoms in total. The highest BCUT2D eigenvalue weighted by molar-refractivity contribution is 9.10. The van der Waals surface area contributed by atoms with Crippen molar-refractivity contribution in [2.24, 2.45) is 0 Å². The molecule has 216 valence electrons. The number of nitrogens with two attached hydrogens (primary N) is 1. The van der Waals surface area contributed by atoms with E-state index in [0.717, 1.165) is 4.47 Å². The van der Waals surface area contributed by atoms with E-state index < -0.39 is 24.2 Å². The van der Waals surface area contributed by atoms with Crippen LogP contribution in [-0.4, -0.2) is 36.4 Å². The van der Waals surface area contributed by atoms with Gasteiger partial charge in [0.1, 0.15) is 18.1 Å². The van der Waals surface area contributed by atoms with Gasteiger partial charge in [0, 0.05) is 21.8 Å². The van der Waals surface area contributed by atoms with Crippen molar-refractivity contribution in [3.8, 4) is 11.5 Å². The summed E-state index contributed by atoms with van der Waals surface area (Å²) in [6.45, 7) is -0.0745. The normalized spacial score (nSPS) is 12.2. The van der Waals surface area contributed by atoms with Crippen molar-refractivity contribution in [1.29, 1.82) is 0 Å². The minimum Gasteiger partial charge on any atom is -0.491 e. The van der Waals surface area contributed by atoms with Gasteiger partial charge in [0.15, 0.2) is 12.2 Å². The Morgan fingerprint density at radius 3 is 2.33 bits per heavy atom. The van der Waals surface area contributed by atoms with E-state index in [2.05, 4.69) is 26.6 Å². The van der Waals surface area contributed by atoms with Crippen LogP contribution in [0.15, 0.2) is 120 Å². The number of para-hydroxylation sites is 3. The number of ether oxygens (including phenoxy) is 3. The standard InChI is InChI=1S/C32H30BrN3O6/c33-23-13-15-24(16-14-23)35-32(39)42-31(22-7-6-10-26(21-22)40-20-19-37)29(41-25-8-2-1-3-9-25)17-18-30(38)36-28-12-5-4-11-27(28)34/h1-18,21,29,31,37H,19-20,34H2,(H,35,39)(H,36,38)/b18-17+/t29-,31-/m1/s1. The molecule has 0 aliphatic heterocycles. The molecule has 4 aromatic carbocycles. The maximum atomic E-state index is 13.1. The van der Waals surface area contributed by atoms with Crippen molar-refractivity contribution in [3.05, 3.63) is 125 Å². The predicted octanol–water partition coefficient (Wildman–Crippen LogP) is 6.33. The lowest BCUT2D eigenvalue weighted by Gasteiger charge is -2.26. The lowest BCUT2D eigenvalue weighted by atomic mass is 10.0. The van der Waals surface area contributed by atoms with Gasteiger partial charge in [-0.05, 0) is 66.7 Å². The molecule has 0 saturated carbocycles. The van der Waals surface area contributed by atoms with Gasteiger partial charge in [0.25, 0.3) is 0 Å². The lowest BCUT2D eigenvalue weighted by molar-refractivity contribution is -0.112. The van der Waals surface area contributed by atoms with Crippen LogP contribution in [0.1, 0.15) is 11.7 Å². The van der Waals surface area contributed by atoms with E-state index in [1.54, 1.807) is 97.1 Å². The van der Waals surface area contributed by atoms with Crippen LogP contribution in [0.4, 0.5) is 21.9 Å². The zero-order valence-electron chi connectivity index (χ0n) is 22.5. The molecule has 42 heavy (non-hydrogen) atoms. The Hall–Kier alpha value is -4.80. The van der Waals surface area contributed by atoms with E-state index in [0.29, 0.717) is 34.1 Å². The van der Waals surface area contributed by atoms with Gasteiger partial charge in [-0.1, -0.05) is 58.4 Å². The fourth-order valence-electron chi connectivity index (χ4n) is 3.89. The van der Waals surface area contributed by atoms with E-state index >= 15 is 0 Å². The third-order valence-corrected chi connectivity index (χ3v) is 6.37. The summed E-state index contributed by atoms with van der Waals surface area (Å²) >= 11 is 3.38. The molecule has 0 heterocycles. The van der Waals surface area contributed by atoms with Crippen LogP contribution in [0, 0.1) is 0 Å². The molecule has 0 aromatic heterocycles. The van der Waals surface area contributed by atoms with Gasteiger partial charge in [-0.25, -0.2) is 4.79 Å². The molecule has 0 unspecified atom stereocenters. The average Bonchev–Trinajstić information content (AvgIpc) is 3.00. The van der Waals surface area contributed by atoms with E-state index in [1.165, 1.54) is 12.2 Å². The van der Waals surface area contributed by atoms with Crippen LogP contribution in [0.2, 0.25) is 0 Å². The summed E-state index contributed by atoms with van der Waals surface area (Å²) in [6.07, 6.45) is 0.106. The molecule has 2 atom stereocenters. The number of carbonyl (C=O) groups excluding carboxylic acids is 2. The molecule has 10 heteroatoms. The summed E-state index contributed by atoms with van der Waals surface area (Å²) in [4.78, 5) is 26.0. The first-order valence-corrected chi connectivity index (χ1v) is 13.8. The fourth-order valence-corrected chi connectivity index (χ4v) is 4.16. The third-order valence-electron chi connectivity index (χ3n) is 5.84. The minimum absolute atomic E-state index is 0.0890.